The van der Waals surface area contributed by atoms with Crippen LogP contribution in [0.2, 0.25) is 0 Å². The van der Waals surface area contributed by atoms with Crippen LogP contribution in [0, 0.1) is 17.8 Å². The number of methoxy groups -OCH3 is 1. The Hall–Kier alpha value is -2.77. The van der Waals surface area contributed by atoms with Crippen molar-refractivity contribution in [1.82, 2.24) is 20.6 Å². The van der Waals surface area contributed by atoms with Crippen LogP contribution in [-0.2, 0) is 0 Å². The summed E-state index contributed by atoms with van der Waals surface area (Å²) in [5.41, 5.74) is 2.07. The number of amides is 2. The van der Waals surface area contributed by atoms with Crippen LogP contribution in [-0.4, -0.2) is 46.8 Å². The lowest BCUT2D eigenvalue weighted by Gasteiger charge is -2.28. The second-order valence-corrected chi connectivity index (χ2v) is 9.82. The molecular formula is C24H32N4O4. The number of carboxylic acid groups (broad SMARTS) is 1. The maximum absolute atomic E-state index is 13.1. The summed E-state index contributed by atoms with van der Waals surface area (Å²) in [5.74, 6) is 3.94. The highest BCUT2D eigenvalue weighted by Crippen LogP contribution is 2.52. The van der Waals surface area contributed by atoms with Gasteiger partial charge >= 0.3 is 6.09 Å². The molecule has 3 aliphatic carbocycles. The molecule has 2 aromatic rings. The Balaban J connectivity index is 1.28. The highest BCUT2D eigenvalue weighted by Gasteiger charge is 2.41. The average Bonchev–Trinajstić information content (AvgIpc) is 3.52. The van der Waals surface area contributed by atoms with Gasteiger partial charge in [0.05, 0.1) is 12.7 Å². The molecule has 1 heterocycles. The van der Waals surface area contributed by atoms with E-state index in [9.17, 15) is 9.59 Å². The third-order valence-corrected chi connectivity index (χ3v) is 7.90. The number of carbonyl (C=O) groups excluding carboxylic acids is 1. The smallest absolute Gasteiger partial charge is 0.404 e. The van der Waals surface area contributed by atoms with Crippen molar-refractivity contribution in [3.8, 4) is 5.75 Å². The van der Waals surface area contributed by atoms with Gasteiger partial charge in [0.25, 0.3) is 5.91 Å². The number of benzene rings is 1. The van der Waals surface area contributed by atoms with Gasteiger partial charge in [-0.3, -0.25) is 4.79 Å². The summed E-state index contributed by atoms with van der Waals surface area (Å²) in [6, 6.07) is 3.66. The summed E-state index contributed by atoms with van der Waals surface area (Å²) in [6.45, 7) is 0.593. The molecule has 3 unspecified atom stereocenters. The molecule has 2 amide bonds. The van der Waals surface area contributed by atoms with Crippen LogP contribution in [0.1, 0.15) is 73.5 Å². The molecule has 3 fully saturated rings. The topological polar surface area (TPSA) is 116 Å². The lowest BCUT2D eigenvalue weighted by molar-refractivity contribution is 0.0944. The summed E-state index contributed by atoms with van der Waals surface area (Å²) in [4.78, 5) is 32.3. The molecule has 0 saturated heterocycles. The number of hydrogen-bond donors (Lipinski definition) is 4. The van der Waals surface area contributed by atoms with E-state index in [1.54, 1.807) is 13.2 Å². The van der Waals surface area contributed by atoms with Crippen LogP contribution in [0.4, 0.5) is 4.79 Å². The summed E-state index contributed by atoms with van der Waals surface area (Å²) in [7, 11) is 1.64. The first-order chi connectivity index (χ1) is 15.5. The number of aromatic amines is 1. The Labute approximate surface area is 187 Å². The lowest BCUT2D eigenvalue weighted by Crippen LogP contribution is -2.39. The van der Waals surface area contributed by atoms with Gasteiger partial charge in [0, 0.05) is 18.5 Å². The minimum Gasteiger partial charge on any atom is -0.494 e. The molecule has 8 heteroatoms. The van der Waals surface area contributed by atoms with E-state index in [0.29, 0.717) is 41.1 Å². The highest BCUT2D eigenvalue weighted by atomic mass is 16.5. The molecule has 3 saturated carbocycles. The molecule has 3 aliphatic rings. The van der Waals surface area contributed by atoms with Crippen molar-refractivity contribution in [2.75, 3.05) is 13.7 Å². The third kappa shape index (κ3) is 4.02. The van der Waals surface area contributed by atoms with Crippen molar-refractivity contribution in [3.63, 3.8) is 0 Å². The molecule has 32 heavy (non-hydrogen) atoms. The van der Waals surface area contributed by atoms with Gasteiger partial charge in [-0.2, -0.15) is 0 Å². The lowest BCUT2D eigenvalue weighted by atomic mass is 9.86. The highest BCUT2D eigenvalue weighted by molar-refractivity contribution is 6.06. The average molecular weight is 441 g/mol. The first kappa shape index (κ1) is 21.1. The summed E-state index contributed by atoms with van der Waals surface area (Å²) < 4.78 is 5.54. The van der Waals surface area contributed by atoms with E-state index in [-0.39, 0.29) is 11.9 Å². The van der Waals surface area contributed by atoms with Crippen LogP contribution in [0.3, 0.4) is 0 Å². The van der Waals surface area contributed by atoms with Crippen molar-refractivity contribution >= 4 is 23.0 Å². The van der Waals surface area contributed by atoms with Gasteiger partial charge in [-0.05, 0) is 74.8 Å². The first-order valence-electron chi connectivity index (χ1n) is 11.9. The Morgan fingerprint density at radius 2 is 1.97 bits per heavy atom. The molecule has 3 atom stereocenters. The maximum atomic E-state index is 13.1. The number of rotatable bonds is 6. The Kier molecular flexibility index (Phi) is 5.69. The fraction of sp³-hybridized carbons (Fsp3) is 0.625. The zero-order valence-corrected chi connectivity index (χ0v) is 18.5. The number of imidazole rings is 1. The molecule has 8 nitrogen and oxygen atoms in total. The maximum Gasteiger partial charge on any atom is 0.404 e. The Morgan fingerprint density at radius 1 is 1.16 bits per heavy atom. The Bertz CT molecular complexity index is 1010. The van der Waals surface area contributed by atoms with Crippen LogP contribution in [0.25, 0.3) is 11.0 Å². The quantitative estimate of drug-likeness (QED) is 0.541. The summed E-state index contributed by atoms with van der Waals surface area (Å²) in [5, 5.41) is 14.5. The number of hydrogen-bond acceptors (Lipinski definition) is 4. The van der Waals surface area contributed by atoms with E-state index in [1.165, 1.54) is 25.7 Å². The fourth-order valence-electron chi connectivity index (χ4n) is 6.21. The van der Waals surface area contributed by atoms with Gasteiger partial charge < -0.3 is 25.5 Å². The first-order valence-corrected chi connectivity index (χ1v) is 11.9. The number of H-pyrrole nitrogens is 1. The molecule has 0 radical (unpaired) electrons. The molecule has 5 rings (SSSR count). The van der Waals surface area contributed by atoms with Crippen LogP contribution >= 0.6 is 0 Å². The van der Waals surface area contributed by atoms with E-state index >= 15 is 0 Å². The summed E-state index contributed by atoms with van der Waals surface area (Å²) in [6.07, 6.45) is 7.57. The van der Waals surface area contributed by atoms with Gasteiger partial charge in [0.2, 0.25) is 0 Å². The zero-order chi connectivity index (χ0) is 22.2. The van der Waals surface area contributed by atoms with Crippen LogP contribution < -0.4 is 15.4 Å². The van der Waals surface area contributed by atoms with Crippen molar-refractivity contribution in [3.05, 3.63) is 23.5 Å². The van der Waals surface area contributed by atoms with Crippen molar-refractivity contribution in [2.24, 2.45) is 17.8 Å². The minimum absolute atomic E-state index is 0.0222. The normalized spacial score (nSPS) is 29.2. The molecule has 1 aromatic heterocycles. The largest absolute Gasteiger partial charge is 0.494 e. The number of carbonyl (C=O) groups is 2. The molecule has 4 N–H and O–H groups in total. The van der Waals surface area contributed by atoms with Gasteiger partial charge in [-0.1, -0.05) is 6.42 Å². The number of nitrogens with one attached hydrogen (secondary N) is 3. The van der Waals surface area contributed by atoms with Gasteiger partial charge in [0.1, 0.15) is 22.6 Å². The predicted molar refractivity (Wildman–Crippen MR) is 120 cm³/mol. The molecule has 1 aromatic carbocycles. The van der Waals surface area contributed by atoms with Gasteiger partial charge in [-0.15, -0.1) is 0 Å². The number of aromatic nitrogens is 2. The van der Waals surface area contributed by atoms with Gasteiger partial charge in [0.15, 0.2) is 0 Å². The number of fused-ring (bicyclic) bond motifs is 3. The van der Waals surface area contributed by atoms with E-state index in [1.807, 2.05) is 6.07 Å². The molecule has 0 aliphatic heterocycles. The second-order valence-electron chi connectivity index (χ2n) is 9.82. The number of ether oxygens (including phenoxy) is 1. The van der Waals surface area contributed by atoms with Crippen LogP contribution in [0.15, 0.2) is 12.1 Å². The Morgan fingerprint density at radius 3 is 2.62 bits per heavy atom. The van der Waals surface area contributed by atoms with Crippen molar-refractivity contribution < 1.29 is 19.4 Å². The van der Waals surface area contributed by atoms with E-state index in [2.05, 4.69) is 15.6 Å². The molecule has 172 valence electrons. The van der Waals surface area contributed by atoms with Gasteiger partial charge in [-0.25, -0.2) is 9.78 Å². The molecule has 0 spiro atoms. The van der Waals surface area contributed by atoms with E-state index in [0.717, 1.165) is 42.9 Å². The molecular weight excluding hydrogens is 408 g/mol. The van der Waals surface area contributed by atoms with Crippen LogP contribution in [0.5, 0.6) is 5.75 Å². The second kappa shape index (κ2) is 8.64. The third-order valence-electron chi connectivity index (χ3n) is 7.90. The van der Waals surface area contributed by atoms with Crippen molar-refractivity contribution in [2.45, 2.75) is 63.3 Å². The minimum atomic E-state index is -0.964. The van der Waals surface area contributed by atoms with E-state index < -0.39 is 6.09 Å². The monoisotopic (exact) mass is 440 g/mol. The van der Waals surface area contributed by atoms with Crippen molar-refractivity contribution in [1.29, 1.82) is 0 Å². The predicted octanol–water partition coefficient (Wildman–Crippen LogP) is 4.03. The molecule has 2 bridgehead atoms. The number of nitrogens with zero attached hydrogens (tertiary/aromatic N) is 1. The standard InChI is InChI=1S/C24H32N4O4/c1-32-19-9-8-17(23(29)25-12-13-3-6-16(7-4-13)26-24(30)31)20-21(19)28-22(27-20)18-11-14-2-5-15(18)10-14/h8-9,13-16,18,26H,2-7,10-12H2,1H3,(H,25,29)(H,27,28)(H,30,31)/t13-,14?,15?,16+,18?. The van der Waals surface area contributed by atoms with E-state index in [4.69, 9.17) is 14.8 Å². The summed E-state index contributed by atoms with van der Waals surface area (Å²) >= 11 is 0. The SMILES string of the molecule is COc1ccc(C(=O)NC[C@H]2CC[C@@H](NC(=O)O)CC2)c2nc(C3CC4CCC3C4)[nH]c12. The zero-order valence-electron chi connectivity index (χ0n) is 18.5. The fourth-order valence-corrected chi connectivity index (χ4v) is 6.21.